The Hall–Kier alpha value is -2.55. The number of hydrogen-bond donors (Lipinski definition) is 2. The first kappa shape index (κ1) is 22.1. The van der Waals surface area contributed by atoms with Crippen molar-refractivity contribution >= 4 is 27.3 Å². The number of aryl methyl sites for hydroxylation is 2. The third-order valence-electron chi connectivity index (χ3n) is 4.75. The normalized spacial score (nSPS) is 11.4. The summed E-state index contributed by atoms with van der Waals surface area (Å²) in [5.74, 6) is -0.0171. The van der Waals surface area contributed by atoms with Crippen molar-refractivity contribution in [3.63, 3.8) is 0 Å². The van der Waals surface area contributed by atoms with Gasteiger partial charge in [-0.1, -0.05) is 36.4 Å². The van der Waals surface area contributed by atoms with Crippen LogP contribution in [-0.2, 0) is 27.7 Å². The zero-order valence-corrected chi connectivity index (χ0v) is 18.6. The number of amides is 1. The van der Waals surface area contributed by atoms with Gasteiger partial charge in [-0.2, -0.15) is 0 Å². The minimum Gasteiger partial charge on any atom is -0.356 e. The summed E-state index contributed by atoms with van der Waals surface area (Å²) in [7, 11) is -2.06. The van der Waals surface area contributed by atoms with Crippen LogP contribution in [0.2, 0.25) is 0 Å². The van der Waals surface area contributed by atoms with Crippen LogP contribution in [0.5, 0.6) is 0 Å². The lowest BCUT2D eigenvalue weighted by Crippen LogP contribution is -2.25. The molecular weight excluding hydrogens is 418 g/mol. The second-order valence-corrected chi connectivity index (χ2v) is 9.85. The Labute approximate surface area is 181 Å². The predicted molar refractivity (Wildman–Crippen MR) is 120 cm³/mol. The molecule has 0 spiro atoms. The zero-order valence-electron chi connectivity index (χ0n) is 17.0. The summed E-state index contributed by atoms with van der Waals surface area (Å²) in [6.45, 7) is 2.57. The van der Waals surface area contributed by atoms with E-state index in [0.717, 1.165) is 33.8 Å². The van der Waals surface area contributed by atoms with E-state index in [1.807, 2.05) is 6.92 Å². The monoisotopic (exact) mass is 443 g/mol. The fourth-order valence-electron chi connectivity index (χ4n) is 2.98. The minimum atomic E-state index is -3.43. The number of benzene rings is 2. The van der Waals surface area contributed by atoms with Gasteiger partial charge in [-0.05, 0) is 50.1 Å². The van der Waals surface area contributed by atoms with Crippen molar-refractivity contribution in [1.29, 1.82) is 0 Å². The summed E-state index contributed by atoms with van der Waals surface area (Å²) in [4.78, 5) is 16.8. The molecule has 0 unspecified atom stereocenters. The number of carbonyl (C=O) groups excluding carboxylic acids is 1. The van der Waals surface area contributed by atoms with Gasteiger partial charge in [-0.15, -0.1) is 11.3 Å². The number of nitrogens with zero attached hydrogens (tertiary/aromatic N) is 1. The molecule has 0 saturated carbocycles. The first-order valence-electron chi connectivity index (χ1n) is 9.68. The highest BCUT2D eigenvalue weighted by atomic mass is 32.2. The maximum absolute atomic E-state index is 12.1. The van der Waals surface area contributed by atoms with Gasteiger partial charge >= 0.3 is 0 Å². The molecule has 3 rings (SSSR count). The van der Waals surface area contributed by atoms with Crippen molar-refractivity contribution in [2.75, 3.05) is 13.6 Å². The molecule has 0 radical (unpaired) electrons. The van der Waals surface area contributed by atoms with Crippen LogP contribution in [0.3, 0.4) is 0 Å². The van der Waals surface area contributed by atoms with Gasteiger partial charge in [0.05, 0.1) is 15.6 Å². The van der Waals surface area contributed by atoms with Gasteiger partial charge < -0.3 is 5.32 Å². The van der Waals surface area contributed by atoms with Crippen molar-refractivity contribution < 1.29 is 13.2 Å². The number of carbonyl (C=O) groups is 1. The fourth-order valence-corrected chi connectivity index (χ4v) is 4.34. The van der Waals surface area contributed by atoms with Crippen LogP contribution < -0.4 is 10.0 Å². The van der Waals surface area contributed by atoms with E-state index in [2.05, 4.69) is 44.7 Å². The summed E-state index contributed by atoms with van der Waals surface area (Å²) in [5.41, 5.74) is 4.18. The van der Waals surface area contributed by atoms with Crippen molar-refractivity contribution in [2.45, 2.75) is 31.1 Å². The molecule has 0 aliphatic heterocycles. The van der Waals surface area contributed by atoms with E-state index in [4.69, 9.17) is 0 Å². The van der Waals surface area contributed by atoms with Gasteiger partial charge in [0, 0.05) is 23.9 Å². The highest BCUT2D eigenvalue weighted by molar-refractivity contribution is 7.89. The van der Waals surface area contributed by atoms with Crippen LogP contribution in [-0.4, -0.2) is 32.9 Å². The fraction of sp³-hybridized carbons (Fsp3) is 0.273. The largest absolute Gasteiger partial charge is 0.356 e. The summed E-state index contributed by atoms with van der Waals surface area (Å²) in [6.07, 6.45) is 1.69. The molecule has 0 aliphatic rings. The Balaban J connectivity index is 1.42. The molecule has 2 N–H and O–H groups in total. The molecular formula is C22H25N3O3S2. The van der Waals surface area contributed by atoms with E-state index in [1.54, 1.807) is 35.6 Å². The summed E-state index contributed by atoms with van der Waals surface area (Å²) in [6, 6.07) is 14.8. The molecule has 30 heavy (non-hydrogen) atoms. The molecule has 6 nitrogen and oxygen atoms in total. The smallest absolute Gasteiger partial charge is 0.240 e. The van der Waals surface area contributed by atoms with Gasteiger partial charge in [-0.25, -0.2) is 18.1 Å². The molecule has 0 bridgehead atoms. The summed E-state index contributed by atoms with van der Waals surface area (Å²) >= 11 is 1.64. The number of rotatable bonds is 9. The van der Waals surface area contributed by atoms with E-state index >= 15 is 0 Å². The molecule has 1 aromatic heterocycles. The predicted octanol–water partition coefficient (Wildman–Crippen LogP) is 3.32. The van der Waals surface area contributed by atoms with Crippen LogP contribution in [0.15, 0.2) is 58.8 Å². The third-order valence-corrected chi connectivity index (χ3v) is 6.95. The lowest BCUT2D eigenvalue weighted by atomic mass is 10.1. The molecule has 1 amide bonds. The second-order valence-electron chi connectivity index (χ2n) is 6.90. The van der Waals surface area contributed by atoms with Crippen molar-refractivity contribution in [2.24, 2.45) is 0 Å². The maximum atomic E-state index is 12.1. The molecule has 1 heterocycles. The standard InChI is InChI=1S/C22H25N3O3S2/c1-16-25-21(15-29-16)19-8-3-18(4-9-19)13-14-24-22(26)12-7-17-5-10-20(11-6-17)30(27,28)23-2/h3-6,8-11,15,23H,7,12-14H2,1-2H3,(H,24,26). The number of thiazole rings is 1. The summed E-state index contributed by atoms with van der Waals surface area (Å²) < 4.78 is 25.7. The van der Waals surface area contributed by atoms with Crippen molar-refractivity contribution in [3.8, 4) is 11.3 Å². The first-order chi connectivity index (χ1) is 14.4. The highest BCUT2D eigenvalue weighted by Crippen LogP contribution is 2.21. The molecule has 0 saturated heterocycles. The average Bonchev–Trinajstić information content (AvgIpc) is 3.19. The third kappa shape index (κ3) is 5.98. The minimum absolute atomic E-state index is 0.0171. The summed E-state index contributed by atoms with van der Waals surface area (Å²) in [5, 5.41) is 6.05. The van der Waals surface area contributed by atoms with Crippen molar-refractivity contribution in [1.82, 2.24) is 15.0 Å². The number of hydrogen-bond acceptors (Lipinski definition) is 5. The molecule has 0 fully saturated rings. The van der Waals surface area contributed by atoms with Gasteiger partial charge in [0.1, 0.15) is 0 Å². The molecule has 8 heteroatoms. The molecule has 3 aromatic rings. The average molecular weight is 444 g/mol. The molecule has 158 valence electrons. The van der Waals surface area contributed by atoms with Gasteiger partial charge in [-0.3, -0.25) is 4.79 Å². The lowest BCUT2D eigenvalue weighted by molar-refractivity contribution is -0.121. The van der Waals surface area contributed by atoms with E-state index < -0.39 is 10.0 Å². The second kappa shape index (κ2) is 9.97. The maximum Gasteiger partial charge on any atom is 0.240 e. The van der Waals surface area contributed by atoms with Crippen LogP contribution in [0.1, 0.15) is 22.6 Å². The molecule has 0 aliphatic carbocycles. The van der Waals surface area contributed by atoms with Gasteiger partial charge in [0.2, 0.25) is 15.9 Å². The number of sulfonamides is 1. The zero-order chi connectivity index (χ0) is 21.6. The van der Waals surface area contributed by atoms with E-state index in [1.165, 1.54) is 7.05 Å². The molecule has 0 atom stereocenters. The molecule has 2 aromatic carbocycles. The van der Waals surface area contributed by atoms with Crippen LogP contribution >= 0.6 is 11.3 Å². The van der Waals surface area contributed by atoms with Gasteiger partial charge in [0.15, 0.2) is 0 Å². The Morgan fingerprint density at radius 3 is 2.23 bits per heavy atom. The van der Waals surface area contributed by atoms with Crippen LogP contribution in [0.4, 0.5) is 0 Å². The SMILES string of the molecule is CNS(=O)(=O)c1ccc(CCC(=O)NCCc2ccc(-c3csc(C)n3)cc2)cc1. The Bertz CT molecular complexity index is 1090. The number of nitrogens with one attached hydrogen (secondary N) is 2. The number of aromatic nitrogens is 1. The van der Waals surface area contributed by atoms with Crippen LogP contribution in [0.25, 0.3) is 11.3 Å². The first-order valence-corrected chi connectivity index (χ1v) is 12.0. The van der Waals surface area contributed by atoms with E-state index in [-0.39, 0.29) is 10.8 Å². The quantitative estimate of drug-likeness (QED) is 0.531. The van der Waals surface area contributed by atoms with Crippen molar-refractivity contribution in [3.05, 3.63) is 70.0 Å². The Kier molecular flexibility index (Phi) is 7.36. The Morgan fingerprint density at radius 2 is 1.63 bits per heavy atom. The lowest BCUT2D eigenvalue weighted by Gasteiger charge is -2.07. The topological polar surface area (TPSA) is 88.2 Å². The highest BCUT2D eigenvalue weighted by Gasteiger charge is 2.11. The van der Waals surface area contributed by atoms with E-state index in [0.29, 0.717) is 19.4 Å². The van der Waals surface area contributed by atoms with Crippen LogP contribution in [0, 0.1) is 6.92 Å². The van der Waals surface area contributed by atoms with Gasteiger partial charge in [0.25, 0.3) is 0 Å². The van der Waals surface area contributed by atoms with E-state index in [9.17, 15) is 13.2 Å². The Morgan fingerprint density at radius 1 is 1.00 bits per heavy atom.